The monoisotopic (exact) mass is 254 g/mol. The Morgan fingerprint density at radius 1 is 0.889 bits per heavy atom. The Morgan fingerprint density at radius 3 is 2.22 bits per heavy atom. The van der Waals surface area contributed by atoms with Crippen molar-refractivity contribution in [3.05, 3.63) is 0 Å². The first-order valence-electron chi connectivity index (χ1n) is 6.70. The predicted molar refractivity (Wildman–Crippen MR) is 66.3 cm³/mol. The van der Waals surface area contributed by atoms with Gasteiger partial charge in [-0.1, -0.05) is 19.3 Å². The first kappa shape index (κ1) is 13.3. The summed E-state index contributed by atoms with van der Waals surface area (Å²) in [5.74, 6) is 10.2. The maximum absolute atomic E-state index is 12.0. The van der Waals surface area contributed by atoms with Crippen LogP contribution < -0.4 is 22.5 Å². The van der Waals surface area contributed by atoms with Gasteiger partial charge in [-0.05, 0) is 31.1 Å². The molecule has 2 amide bonds. The lowest BCUT2D eigenvalue weighted by Gasteiger charge is -2.43. The lowest BCUT2D eigenvalue weighted by molar-refractivity contribution is -0.141. The third kappa shape index (κ3) is 2.35. The third-order valence-corrected chi connectivity index (χ3v) is 4.64. The van der Waals surface area contributed by atoms with Crippen LogP contribution in [0.1, 0.15) is 38.5 Å². The largest absolute Gasteiger partial charge is 0.294 e. The molecule has 2 fully saturated rings. The van der Waals surface area contributed by atoms with Gasteiger partial charge in [-0.3, -0.25) is 20.4 Å². The number of rotatable bonds is 2. The molecule has 2 rings (SSSR count). The van der Waals surface area contributed by atoms with Gasteiger partial charge in [-0.25, -0.2) is 11.7 Å². The molecule has 0 saturated heterocycles. The van der Waals surface area contributed by atoms with Crippen molar-refractivity contribution in [1.29, 1.82) is 0 Å². The highest BCUT2D eigenvalue weighted by Crippen LogP contribution is 2.46. The molecule has 0 spiro atoms. The Hall–Kier alpha value is -1.14. The minimum atomic E-state index is -0.335. The second-order valence-electron chi connectivity index (χ2n) is 5.44. The molecule has 0 aliphatic heterocycles. The van der Waals surface area contributed by atoms with E-state index < -0.39 is 0 Å². The van der Waals surface area contributed by atoms with Crippen LogP contribution in [-0.4, -0.2) is 11.8 Å². The molecule has 2 saturated carbocycles. The van der Waals surface area contributed by atoms with E-state index in [1.165, 1.54) is 6.42 Å². The summed E-state index contributed by atoms with van der Waals surface area (Å²) in [5, 5.41) is 0. The summed E-state index contributed by atoms with van der Waals surface area (Å²) in [4.78, 5) is 23.8. The Bertz CT molecular complexity index is 334. The van der Waals surface area contributed by atoms with E-state index in [1.807, 2.05) is 0 Å². The molecule has 0 aromatic heterocycles. The van der Waals surface area contributed by atoms with Gasteiger partial charge >= 0.3 is 0 Å². The highest BCUT2D eigenvalue weighted by atomic mass is 16.2. The molecule has 102 valence electrons. The highest BCUT2D eigenvalue weighted by Gasteiger charge is 2.46. The van der Waals surface area contributed by atoms with Gasteiger partial charge in [0.25, 0.3) is 0 Å². The Kier molecular flexibility index (Phi) is 4.19. The van der Waals surface area contributed by atoms with Crippen LogP contribution in [0.15, 0.2) is 0 Å². The second kappa shape index (κ2) is 5.67. The zero-order valence-electron chi connectivity index (χ0n) is 10.5. The van der Waals surface area contributed by atoms with E-state index in [0.29, 0.717) is 5.92 Å². The predicted octanol–water partition coefficient (Wildman–Crippen LogP) is -0.201. The van der Waals surface area contributed by atoms with Crippen molar-refractivity contribution in [2.75, 3.05) is 0 Å². The summed E-state index contributed by atoms with van der Waals surface area (Å²) in [6, 6.07) is 0. The Morgan fingerprint density at radius 2 is 1.56 bits per heavy atom. The van der Waals surface area contributed by atoms with Crippen molar-refractivity contribution in [2.45, 2.75) is 38.5 Å². The molecule has 0 aromatic carbocycles. The van der Waals surface area contributed by atoms with Gasteiger partial charge in [0.15, 0.2) is 0 Å². The second-order valence-corrected chi connectivity index (χ2v) is 5.44. The number of nitrogens with one attached hydrogen (secondary N) is 2. The quantitative estimate of drug-likeness (QED) is 0.311. The van der Waals surface area contributed by atoms with Crippen LogP contribution in [0.25, 0.3) is 0 Å². The number of carbonyl (C=O) groups is 2. The van der Waals surface area contributed by atoms with E-state index in [9.17, 15) is 9.59 Å². The van der Waals surface area contributed by atoms with Crippen molar-refractivity contribution >= 4 is 11.8 Å². The van der Waals surface area contributed by atoms with Crippen LogP contribution in [0, 0.1) is 23.7 Å². The van der Waals surface area contributed by atoms with Crippen molar-refractivity contribution in [1.82, 2.24) is 10.9 Å². The van der Waals surface area contributed by atoms with Crippen molar-refractivity contribution < 1.29 is 9.59 Å². The fraction of sp³-hybridized carbons (Fsp3) is 0.833. The zero-order valence-corrected chi connectivity index (χ0v) is 10.5. The lowest BCUT2D eigenvalue weighted by Crippen LogP contribution is -2.52. The van der Waals surface area contributed by atoms with E-state index in [-0.39, 0.29) is 29.6 Å². The first-order valence-corrected chi connectivity index (χ1v) is 6.70. The molecule has 2 aliphatic rings. The highest BCUT2D eigenvalue weighted by molar-refractivity contribution is 5.87. The molecule has 2 aliphatic carbocycles. The summed E-state index contributed by atoms with van der Waals surface area (Å²) in [6.45, 7) is 0. The average molecular weight is 254 g/mol. The average Bonchev–Trinajstić information content (AvgIpc) is 2.44. The molecular weight excluding hydrogens is 232 g/mol. The number of hydrogen-bond acceptors (Lipinski definition) is 4. The lowest BCUT2D eigenvalue weighted by atomic mass is 9.61. The van der Waals surface area contributed by atoms with E-state index in [0.717, 1.165) is 32.1 Å². The summed E-state index contributed by atoms with van der Waals surface area (Å²) in [7, 11) is 0. The summed E-state index contributed by atoms with van der Waals surface area (Å²) >= 11 is 0. The number of amides is 2. The maximum atomic E-state index is 12.0. The normalized spacial score (nSPS) is 35.4. The molecule has 4 unspecified atom stereocenters. The molecule has 0 heterocycles. The topological polar surface area (TPSA) is 110 Å². The molecule has 0 aromatic rings. The number of hydrogen-bond donors (Lipinski definition) is 4. The molecule has 6 N–H and O–H groups in total. The SMILES string of the molecule is NNC(=O)C1CCC2CCCCC2C1C(=O)NN. The summed E-state index contributed by atoms with van der Waals surface area (Å²) < 4.78 is 0. The molecule has 0 bridgehead atoms. The number of hydrazine groups is 2. The van der Waals surface area contributed by atoms with Crippen LogP contribution >= 0.6 is 0 Å². The zero-order chi connectivity index (χ0) is 13.1. The van der Waals surface area contributed by atoms with Gasteiger partial charge in [0.05, 0.1) is 11.8 Å². The minimum Gasteiger partial charge on any atom is -0.294 e. The number of nitrogens with two attached hydrogens (primary N) is 2. The molecule has 6 nitrogen and oxygen atoms in total. The van der Waals surface area contributed by atoms with Crippen LogP contribution in [0.4, 0.5) is 0 Å². The fourth-order valence-corrected chi connectivity index (χ4v) is 3.81. The third-order valence-electron chi connectivity index (χ3n) is 4.64. The Labute approximate surface area is 107 Å². The smallest absolute Gasteiger partial charge is 0.238 e. The van der Waals surface area contributed by atoms with Crippen molar-refractivity contribution in [3.8, 4) is 0 Å². The van der Waals surface area contributed by atoms with Crippen molar-refractivity contribution in [3.63, 3.8) is 0 Å². The minimum absolute atomic E-state index is 0.222. The summed E-state index contributed by atoms with van der Waals surface area (Å²) in [5.41, 5.74) is 4.40. The van der Waals surface area contributed by atoms with Gasteiger partial charge in [-0.15, -0.1) is 0 Å². The van der Waals surface area contributed by atoms with Crippen molar-refractivity contribution in [2.24, 2.45) is 35.4 Å². The maximum Gasteiger partial charge on any atom is 0.238 e. The van der Waals surface area contributed by atoms with Gasteiger partial charge in [-0.2, -0.15) is 0 Å². The fourth-order valence-electron chi connectivity index (χ4n) is 3.81. The van der Waals surface area contributed by atoms with Gasteiger partial charge in [0, 0.05) is 0 Å². The number of fused-ring (bicyclic) bond motifs is 1. The molecular formula is C12H22N4O2. The number of carbonyl (C=O) groups excluding carboxylic acids is 2. The van der Waals surface area contributed by atoms with Gasteiger partial charge < -0.3 is 0 Å². The first-order chi connectivity index (χ1) is 8.69. The molecule has 6 heteroatoms. The van der Waals surface area contributed by atoms with Gasteiger partial charge in [0.1, 0.15) is 0 Å². The van der Waals surface area contributed by atoms with E-state index in [2.05, 4.69) is 10.9 Å². The van der Waals surface area contributed by atoms with Crippen LogP contribution in [-0.2, 0) is 9.59 Å². The standard InChI is InChI=1S/C12H22N4O2/c13-15-11(17)9-6-5-7-3-1-2-4-8(7)10(9)12(18)16-14/h7-10H,1-6,13-14H2,(H,15,17)(H,16,18). The van der Waals surface area contributed by atoms with E-state index in [4.69, 9.17) is 11.7 Å². The molecule has 18 heavy (non-hydrogen) atoms. The summed E-state index contributed by atoms with van der Waals surface area (Å²) in [6.07, 6.45) is 6.27. The molecule has 0 radical (unpaired) electrons. The van der Waals surface area contributed by atoms with Gasteiger partial charge in [0.2, 0.25) is 11.8 Å². The van der Waals surface area contributed by atoms with E-state index >= 15 is 0 Å². The van der Waals surface area contributed by atoms with Crippen LogP contribution in [0.5, 0.6) is 0 Å². The van der Waals surface area contributed by atoms with Crippen LogP contribution in [0.3, 0.4) is 0 Å². The van der Waals surface area contributed by atoms with E-state index in [1.54, 1.807) is 0 Å². The Balaban J connectivity index is 2.21. The van der Waals surface area contributed by atoms with Crippen LogP contribution in [0.2, 0.25) is 0 Å². The molecule has 4 atom stereocenters.